The highest BCUT2D eigenvalue weighted by molar-refractivity contribution is 7.98. The molecule has 0 fully saturated rings. The number of nitrogens with one attached hydrogen (secondary N) is 1. The number of anilines is 1. The molecule has 4 aromatic rings. The van der Waals surface area contributed by atoms with Gasteiger partial charge in [0.25, 0.3) is 5.91 Å². The fraction of sp³-hybridized carbons (Fsp3) is 0.174. The first-order chi connectivity index (χ1) is 16.6. The fourth-order valence-corrected chi connectivity index (χ4v) is 4.32. The largest absolute Gasteiger partial charge is 0.416 e. The molecule has 0 bridgehead atoms. The van der Waals surface area contributed by atoms with E-state index in [-0.39, 0.29) is 17.1 Å². The van der Waals surface area contributed by atoms with Crippen molar-refractivity contribution in [3.63, 3.8) is 0 Å². The van der Waals surface area contributed by atoms with E-state index in [1.165, 1.54) is 28.6 Å². The molecular formula is C23H18ClF3N6OS. The summed E-state index contributed by atoms with van der Waals surface area (Å²) in [5.41, 5.74) is 1.71. The van der Waals surface area contributed by atoms with Gasteiger partial charge in [-0.2, -0.15) is 13.2 Å². The number of benzene rings is 2. The number of alkyl halides is 3. The van der Waals surface area contributed by atoms with E-state index >= 15 is 0 Å². The maximum atomic E-state index is 13.1. The van der Waals surface area contributed by atoms with Crippen molar-refractivity contribution < 1.29 is 18.0 Å². The Labute approximate surface area is 207 Å². The van der Waals surface area contributed by atoms with Crippen LogP contribution in [0, 0.1) is 13.8 Å². The molecule has 0 atom stereocenters. The van der Waals surface area contributed by atoms with Crippen LogP contribution in [0.3, 0.4) is 0 Å². The highest BCUT2D eigenvalue weighted by atomic mass is 35.5. The molecule has 4 rings (SSSR count). The molecule has 0 unspecified atom stereocenters. The molecular weight excluding hydrogens is 501 g/mol. The van der Waals surface area contributed by atoms with E-state index in [0.29, 0.717) is 21.6 Å². The average Bonchev–Trinajstić information content (AvgIpc) is 3.21. The lowest BCUT2D eigenvalue weighted by Gasteiger charge is -2.11. The molecule has 2 aromatic carbocycles. The molecule has 7 nitrogen and oxygen atoms in total. The van der Waals surface area contributed by atoms with Gasteiger partial charge >= 0.3 is 6.18 Å². The Morgan fingerprint density at radius 3 is 2.40 bits per heavy atom. The number of halogens is 4. The lowest BCUT2D eigenvalue weighted by atomic mass is 10.2. The fourth-order valence-electron chi connectivity index (χ4n) is 3.25. The summed E-state index contributed by atoms with van der Waals surface area (Å²) >= 11 is 7.27. The summed E-state index contributed by atoms with van der Waals surface area (Å²) in [5, 5.41) is 11.7. The summed E-state index contributed by atoms with van der Waals surface area (Å²) in [5.74, 6) is -0.467. The third kappa shape index (κ3) is 5.98. The number of hydrogen-bond donors (Lipinski definition) is 1. The predicted octanol–water partition coefficient (Wildman–Crippen LogP) is 5.89. The zero-order valence-electron chi connectivity index (χ0n) is 18.5. The van der Waals surface area contributed by atoms with Gasteiger partial charge in [0.2, 0.25) is 0 Å². The summed E-state index contributed by atoms with van der Waals surface area (Å²) in [4.78, 5) is 21.8. The molecule has 2 aromatic heterocycles. The number of nitrogens with zero attached hydrogens (tertiary/aromatic N) is 5. The van der Waals surface area contributed by atoms with E-state index in [0.717, 1.165) is 23.5 Å². The number of rotatable bonds is 6. The Hall–Kier alpha value is -3.44. The van der Waals surface area contributed by atoms with Crippen molar-refractivity contribution in [3.8, 4) is 5.69 Å². The maximum Gasteiger partial charge on any atom is 0.416 e. The number of aromatic nitrogens is 5. The second-order valence-electron chi connectivity index (χ2n) is 7.53. The van der Waals surface area contributed by atoms with E-state index < -0.39 is 17.6 Å². The lowest BCUT2D eigenvalue weighted by Crippen LogP contribution is -2.16. The second-order valence-corrected chi connectivity index (χ2v) is 8.91. The second kappa shape index (κ2) is 10.0. The topological polar surface area (TPSA) is 85.6 Å². The summed E-state index contributed by atoms with van der Waals surface area (Å²) in [6.07, 6.45) is -4.54. The van der Waals surface area contributed by atoms with E-state index in [1.54, 1.807) is 24.3 Å². The lowest BCUT2D eigenvalue weighted by molar-refractivity contribution is -0.137. The average molecular weight is 519 g/mol. The molecule has 0 aliphatic rings. The van der Waals surface area contributed by atoms with Crippen LogP contribution in [0.5, 0.6) is 0 Å². The van der Waals surface area contributed by atoms with Crippen LogP contribution in [-0.2, 0) is 11.9 Å². The molecule has 1 N–H and O–H groups in total. The van der Waals surface area contributed by atoms with Crippen molar-refractivity contribution in [3.05, 3.63) is 88.0 Å². The summed E-state index contributed by atoms with van der Waals surface area (Å²) in [6.45, 7) is 3.71. The van der Waals surface area contributed by atoms with Crippen LogP contribution in [0.25, 0.3) is 5.69 Å². The quantitative estimate of drug-likeness (QED) is 0.253. The zero-order chi connectivity index (χ0) is 25.2. The number of thioether (sulfide) groups is 1. The van der Waals surface area contributed by atoms with Crippen LogP contribution in [0.4, 0.5) is 18.9 Å². The Bertz CT molecular complexity index is 1350. The van der Waals surface area contributed by atoms with Gasteiger partial charge in [0.15, 0.2) is 10.9 Å². The van der Waals surface area contributed by atoms with Gasteiger partial charge in [-0.1, -0.05) is 34.6 Å². The molecule has 12 heteroatoms. The molecule has 0 spiro atoms. The van der Waals surface area contributed by atoms with Crippen molar-refractivity contribution in [2.75, 3.05) is 5.32 Å². The molecule has 0 aliphatic carbocycles. The predicted molar refractivity (Wildman–Crippen MR) is 127 cm³/mol. The minimum Gasteiger partial charge on any atom is -0.321 e. The molecule has 180 valence electrons. The first-order valence-electron chi connectivity index (χ1n) is 10.2. The third-order valence-corrected chi connectivity index (χ3v) is 5.91. The van der Waals surface area contributed by atoms with Gasteiger partial charge in [0.1, 0.15) is 0 Å². The molecule has 0 aliphatic heterocycles. The van der Waals surface area contributed by atoms with Gasteiger partial charge in [0.05, 0.1) is 16.9 Å². The Balaban J connectivity index is 1.67. The third-order valence-electron chi connectivity index (χ3n) is 4.80. The maximum absolute atomic E-state index is 13.1. The summed E-state index contributed by atoms with van der Waals surface area (Å²) < 4.78 is 40.7. The minimum atomic E-state index is -4.54. The molecule has 0 radical (unpaired) electrons. The number of hydrogen-bond acceptors (Lipinski definition) is 6. The van der Waals surface area contributed by atoms with E-state index in [2.05, 4.69) is 25.6 Å². The molecule has 0 saturated heterocycles. The summed E-state index contributed by atoms with van der Waals surface area (Å²) in [7, 11) is 0. The first-order valence-corrected chi connectivity index (χ1v) is 11.6. The Kier molecular flexibility index (Phi) is 7.08. The standard InChI is InChI=1S/C23H18ClF3N6OS/c1-13-10-14(2)29-22(28-13)35-12-19-20(31-32-33(19)18-8-6-16(24)7-9-18)21(34)30-17-5-3-4-15(11-17)23(25,26)27/h3-11H,12H2,1-2H3,(H,30,34). The smallest absolute Gasteiger partial charge is 0.321 e. The van der Waals surface area contributed by atoms with Crippen molar-refractivity contribution >= 4 is 35.0 Å². The van der Waals surface area contributed by atoms with Crippen molar-refractivity contribution in [2.24, 2.45) is 0 Å². The van der Waals surface area contributed by atoms with Crippen molar-refractivity contribution in [1.29, 1.82) is 0 Å². The van der Waals surface area contributed by atoms with Crippen LogP contribution in [-0.4, -0.2) is 30.9 Å². The van der Waals surface area contributed by atoms with Gasteiger partial charge in [-0.15, -0.1) is 5.10 Å². The van der Waals surface area contributed by atoms with Crippen molar-refractivity contribution in [2.45, 2.75) is 30.9 Å². The van der Waals surface area contributed by atoms with Gasteiger partial charge in [-0.25, -0.2) is 14.6 Å². The van der Waals surface area contributed by atoms with Gasteiger partial charge in [-0.3, -0.25) is 4.79 Å². The van der Waals surface area contributed by atoms with Crippen LogP contribution in [0.15, 0.2) is 59.8 Å². The van der Waals surface area contributed by atoms with Crippen LogP contribution in [0.1, 0.15) is 33.1 Å². The van der Waals surface area contributed by atoms with E-state index in [1.807, 2.05) is 19.9 Å². The number of aryl methyl sites for hydroxylation is 2. The normalized spacial score (nSPS) is 11.5. The van der Waals surface area contributed by atoms with Gasteiger partial charge in [-0.05, 0) is 62.4 Å². The molecule has 1 amide bonds. The zero-order valence-corrected chi connectivity index (χ0v) is 20.0. The van der Waals surface area contributed by atoms with Crippen molar-refractivity contribution in [1.82, 2.24) is 25.0 Å². The van der Waals surface area contributed by atoms with Crippen LogP contribution >= 0.6 is 23.4 Å². The first kappa shape index (κ1) is 24.7. The number of carbonyl (C=O) groups is 1. The monoisotopic (exact) mass is 518 g/mol. The van der Waals surface area contributed by atoms with E-state index in [4.69, 9.17) is 11.6 Å². The molecule has 0 saturated carbocycles. The SMILES string of the molecule is Cc1cc(C)nc(SCc2c(C(=O)Nc3cccc(C(F)(F)F)c3)nnn2-c2ccc(Cl)cc2)n1. The molecule has 35 heavy (non-hydrogen) atoms. The minimum absolute atomic E-state index is 0.0119. The van der Waals surface area contributed by atoms with Gasteiger partial charge < -0.3 is 5.32 Å². The van der Waals surface area contributed by atoms with E-state index in [9.17, 15) is 18.0 Å². The molecule has 2 heterocycles. The van der Waals surface area contributed by atoms with Gasteiger partial charge in [0, 0.05) is 27.9 Å². The van der Waals surface area contributed by atoms with Crippen LogP contribution in [0.2, 0.25) is 5.02 Å². The Morgan fingerprint density at radius 1 is 1.06 bits per heavy atom. The van der Waals surface area contributed by atoms with Crippen LogP contribution < -0.4 is 5.32 Å². The summed E-state index contributed by atoms with van der Waals surface area (Å²) in [6, 6.07) is 13.0. The number of amides is 1. The highest BCUT2D eigenvalue weighted by Crippen LogP contribution is 2.31. The number of carbonyl (C=O) groups excluding carboxylic acids is 1. The highest BCUT2D eigenvalue weighted by Gasteiger charge is 2.31. The Morgan fingerprint density at radius 2 is 1.74 bits per heavy atom.